The highest BCUT2D eigenvalue weighted by Gasteiger charge is 2.25. The van der Waals surface area contributed by atoms with E-state index < -0.39 is 20.6 Å². The van der Waals surface area contributed by atoms with Gasteiger partial charge in [-0.05, 0) is 0 Å². The Hall–Kier alpha value is -1.40. The Morgan fingerprint density at radius 3 is 1.53 bits per heavy atom. The van der Waals surface area contributed by atoms with Crippen LogP contribution in [0.2, 0.25) is 0 Å². The number of rotatable bonds is 0. The van der Waals surface area contributed by atoms with Crippen molar-refractivity contribution in [1.29, 1.82) is 0 Å². The Balaban J connectivity index is 2.94. The van der Waals surface area contributed by atoms with Gasteiger partial charge in [-0.2, -0.15) is 16.8 Å². The molecule has 1 aromatic carbocycles. The zero-order valence-electron chi connectivity index (χ0n) is 7.47. The second-order valence-electron chi connectivity index (χ2n) is 3.04. The van der Waals surface area contributed by atoms with Crippen LogP contribution in [-0.4, -0.2) is 26.6 Å². The van der Waals surface area contributed by atoms with Gasteiger partial charge in [-0.3, -0.25) is 0 Å². The quantitative estimate of drug-likeness (QED) is 0.595. The van der Waals surface area contributed by atoms with E-state index in [-0.39, 0.29) is 16.1 Å². The summed E-state index contributed by atoms with van der Waals surface area (Å²) in [4.78, 5) is 0.287. The fourth-order valence-corrected chi connectivity index (χ4v) is 2.93. The lowest BCUT2D eigenvalue weighted by Gasteiger charge is -1.93. The minimum atomic E-state index is -2.37. The summed E-state index contributed by atoms with van der Waals surface area (Å²) in [5, 5.41) is 0. The third-order valence-electron chi connectivity index (χ3n) is 2.25. The normalized spacial score (nSPS) is 13.9. The van der Waals surface area contributed by atoms with E-state index in [0.717, 1.165) is 0 Å². The Morgan fingerprint density at radius 1 is 0.800 bits per heavy atom. The van der Waals surface area contributed by atoms with Gasteiger partial charge in [-0.25, -0.2) is 0 Å². The molecule has 0 atom stereocenters. The summed E-state index contributed by atoms with van der Waals surface area (Å²) in [5.41, 5.74) is 0.982. The van der Waals surface area contributed by atoms with Crippen molar-refractivity contribution in [3.8, 4) is 0 Å². The van der Waals surface area contributed by atoms with E-state index in [1.165, 1.54) is 0 Å². The topological polar surface area (TPSA) is 68.3 Å². The molecule has 4 nitrogen and oxygen atoms in total. The zero-order valence-corrected chi connectivity index (χ0v) is 9.10. The number of hydrogen-bond acceptors (Lipinski definition) is 4. The van der Waals surface area contributed by atoms with E-state index >= 15 is 0 Å². The molecular weight excluding hydrogens is 236 g/mol. The molecule has 15 heavy (non-hydrogen) atoms. The number of hydrogen-bond donors (Lipinski definition) is 0. The van der Waals surface area contributed by atoms with Gasteiger partial charge in [-0.1, -0.05) is 24.3 Å². The molecule has 0 radical (unpaired) electrons. The van der Waals surface area contributed by atoms with Crippen molar-refractivity contribution >= 4 is 30.3 Å². The summed E-state index contributed by atoms with van der Waals surface area (Å²) in [6.07, 6.45) is -0.0361. The molecule has 0 N–H and O–H groups in total. The van der Waals surface area contributed by atoms with Gasteiger partial charge in [0.1, 0.15) is 0 Å². The Bertz CT molecular complexity index is 616. The largest absolute Gasteiger partial charge is 0.218 e. The van der Waals surface area contributed by atoms with Crippen LogP contribution < -0.4 is 0 Å². The lowest BCUT2D eigenvalue weighted by atomic mass is 10.1. The predicted octanol–water partition coefficient (Wildman–Crippen LogP) is -0.111. The number of fused-ring (bicyclic) bond motifs is 1. The molecular formula is C9H6O4S2. The van der Waals surface area contributed by atoms with Gasteiger partial charge < -0.3 is 0 Å². The van der Waals surface area contributed by atoms with Crippen molar-refractivity contribution in [2.45, 2.75) is 6.42 Å². The summed E-state index contributed by atoms with van der Waals surface area (Å²) in [6.45, 7) is 0. The average Bonchev–Trinajstić information content (AvgIpc) is 2.56. The van der Waals surface area contributed by atoms with Crippen LogP contribution in [0.4, 0.5) is 0 Å². The molecule has 0 heterocycles. The second kappa shape index (κ2) is 3.63. The Morgan fingerprint density at radius 2 is 1.20 bits per heavy atom. The maximum atomic E-state index is 10.9. The van der Waals surface area contributed by atoms with Gasteiger partial charge in [0.25, 0.3) is 0 Å². The van der Waals surface area contributed by atoms with Gasteiger partial charge in [0.15, 0.2) is 0 Å². The summed E-state index contributed by atoms with van der Waals surface area (Å²) >= 11 is 0. The lowest BCUT2D eigenvalue weighted by Crippen LogP contribution is -1.97. The third-order valence-corrected chi connectivity index (χ3v) is 3.78. The van der Waals surface area contributed by atoms with Crippen molar-refractivity contribution in [3.63, 3.8) is 0 Å². The van der Waals surface area contributed by atoms with E-state index in [0.29, 0.717) is 11.1 Å². The van der Waals surface area contributed by atoms with Gasteiger partial charge in [-0.15, -0.1) is 0 Å². The van der Waals surface area contributed by atoms with Crippen LogP contribution in [0.3, 0.4) is 0 Å². The van der Waals surface area contributed by atoms with E-state index in [1.54, 1.807) is 24.3 Å². The molecule has 1 aromatic rings. The minimum Gasteiger partial charge on any atom is -0.184 e. The molecule has 0 bridgehead atoms. The monoisotopic (exact) mass is 242 g/mol. The van der Waals surface area contributed by atoms with E-state index in [1.807, 2.05) is 0 Å². The van der Waals surface area contributed by atoms with E-state index in [2.05, 4.69) is 0 Å². The molecule has 0 saturated heterocycles. The van der Waals surface area contributed by atoms with Crippen LogP contribution in [0.25, 0.3) is 0 Å². The zero-order chi connectivity index (χ0) is 11.0. The fraction of sp³-hybridized carbons (Fsp3) is 0.111. The second-order valence-corrected chi connectivity index (χ2v) is 4.96. The molecule has 0 unspecified atom stereocenters. The standard InChI is InChI=1S/C9H6O4S2/c10-14(11)8-5-9(15(12)13)7-4-2-1-3-6(7)8/h1-4H,5H2. The highest BCUT2D eigenvalue weighted by molar-refractivity contribution is 7.75. The SMILES string of the molecule is O=S(=O)=C1CC(=S(=O)=O)c2ccccc21. The van der Waals surface area contributed by atoms with Crippen molar-refractivity contribution in [2.24, 2.45) is 0 Å². The first-order chi connectivity index (χ1) is 7.11. The van der Waals surface area contributed by atoms with E-state index in [9.17, 15) is 16.8 Å². The maximum absolute atomic E-state index is 10.9. The molecule has 0 saturated carbocycles. The van der Waals surface area contributed by atoms with Gasteiger partial charge in [0.05, 0.1) is 9.73 Å². The molecule has 1 aliphatic rings. The van der Waals surface area contributed by atoms with E-state index in [4.69, 9.17) is 0 Å². The fourth-order valence-electron chi connectivity index (χ4n) is 1.60. The molecule has 2 rings (SSSR count). The summed E-state index contributed by atoms with van der Waals surface area (Å²) in [5.74, 6) is 0. The van der Waals surface area contributed by atoms with Gasteiger partial charge in [0, 0.05) is 17.5 Å². The molecule has 0 amide bonds. The number of benzene rings is 1. The molecule has 1 aliphatic carbocycles. The minimum absolute atomic E-state index is 0.0361. The average molecular weight is 242 g/mol. The summed E-state index contributed by atoms with van der Waals surface area (Å²) in [7, 11) is -4.73. The third kappa shape index (κ3) is 1.62. The lowest BCUT2D eigenvalue weighted by molar-refractivity contribution is 0.625. The van der Waals surface area contributed by atoms with Crippen LogP contribution in [-0.2, 0) is 20.6 Å². The Labute approximate surface area is 89.2 Å². The first-order valence-corrected chi connectivity index (χ1v) is 6.26. The van der Waals surface area contributed by atoms with Crippen molar-refractivity contribution in [3.05, 3.63) is 35.4 Å². The first kappa shape index (κ1) is 10.1. The van der Waals surface area contributed by atoms with Crippen molar-refractivity contribution in [2.75, 3.05) is 0 Å². The Kier molecular flexibility index (Phi) is 2.45. The van der Waals surface area contributed by atoms with Crippen LogP contribution in [0.15, 0.2) is 24.3 Å². The van der Waals surface area contributed by atoms with Gasteiger partial charge in [0.2, 0.25) is 20.6 Å². The molecule has 78 valence electrons. The summed E-state index contributed by atoms with van der Waals surface area (Å²) in [6, 6.07) is 6.59. The molecule has 6 heteroatoms. The first-order valence-electron chi connectivity index (χ1n) is 4.11. The highest BCUT2D eigenvalue weighted by Crippen LogP contribution is 2.21. The molecule has 0 aliphatic heterocycles. The van der Waals surface area contributed by atoms with Crippen LogP contribution in [0, 0.1) is 0 Å². The van der Waals surface area contributed by atoms with Gasteiger partial charge >= 0.3 is 0 Å². The molecule has 0 fully saturated rings. The maximum Gasteiger partial charge on any atom is 0.218 e. The highest BCUT2D eigenvalue weighted by atomic mass is 32.2. The predicted molar refractivity (Wildman–Crippen MR) is 57.1 cm³/mol. The smallest absolute Gasteiger partial charge is 0.184 e. The summed E-state index contributed by atoms with van der Waals surface area (Å²) < 4.78 is 43.5. The van der Waals surface area contributed by atoms with Crippen LogP contribution in [0.1, 0.15) is 17.5 Å². The van der Waals surface area contributed by atoms with Crippen molar-refractivity contribution in [1.82, 2.24) is 0 Å². The molecule has 0 aromatic heterocycles. The van der Waals surface area contributed by atoms with Crippen molar-refractivity contribution < 1.29 is 16.8 Å². The van der Waals surface area contributed by atoms with Crippen LogP contribution in [0.5, 0.6) is 0 Å². The molecule has 0 spiro atoms. The van der Waals surface area contributed by atoms with Crippen LogP contribution >= 0.6 is 0 Å².